The lowest BCUT2D eigenvalue weighted by Crippen LogP contribution is -2.16. The number of fused-ring (bicyclic) bond motifs is 1. The van der Waals surface area contributed by atoms with E-state index in [4.69, 9.17) is 13.9 Å². The van der Waals surface area contributed by atoms with Gasteiger partial charge in [0.05, 0.1) is 0 Å². The van der Waals surface area contributed by atoms with Crippen molar-refractivity contribution in [1.82, 2.24) is 9.97 Å². The van der Waals surface area contributed by atoms with Gasteiger partial charge in [-0.15, -0.1) is 0 Å². The summed E-state index contributed by atoms with van der Waals surface area (Å²) in [6.07, 6.45) is 3.36. The van der Waals surface area contributed by atoms with Crippen molar-refractivity contribution in [2.24, 2.45) is 0 Å². The highest BCUT2D eigenvalue weighted by Crippen LogP contribution is 2.34. The van der Waals surface area contributed by atoms with Crippen LogP contribution in [-0.4, -0.2) is 22.5 Å². The number of rotatable bonds is 4. The number of imidazole rings is 1. The molecule has 0 atom stereocenters. The third-order valence-corrected chi connectivity index (χ3v) is 4.23. The highest BCUT2D eigenvalue weighted by Gasteiger charge is 2.25. The van der Waals surface area contributed by atoms with Crippen LogP contribution in [0.1, 0.15) is 25.4 Å². The molecule has 0 spiro atoms. The highest BCUT2D eigenvalue weighted by atomic mass is 16.5. The van der Waals surface area contributed by atoms with E-state index >= 15 is 0 Å². The first-order valence-electron chi connectivity index (χ1n) is 8.33. The number of ether oxygens (including phenoxy) is 2. The minimum atomic E-state index is -0.375. The molecule has 132 valence electrons. The molecule has 0 radical (unpaired) electrons. The number of para-hydroxylation sites is 1. The topological polar surface area (TPSA) is 77.4 Å². The summed E-state index contributed by atoms with van der Waals surface area (Å²) >= 11 is 0. The van der Waals surface area contributed by atoms with Crippen LogP contribution in [-0.2, 0) is 20.7 Å². The molecule has 6 nitrogen and oxygen atoms in total. The van der Waals surface area contributed by atoms with Crippen LogP contribution in [0.15, 0.2) is 64.0 Å². The van der Waals surface area contributed by atoms with Crippen molar-refractivity contribution in [3.05, 3.63) is 71.2 Å². The molecular weight excluding hydrogens is 332 g/mol. The van der Waals surface area contributed by atoms with Gasteiger partial charge < -0.3 is 18.9 Å². The number of benzene rings is 1. The Labute approximate surface area is 150 Å². The van der Waals surface area contributed by atoms with E-state index in [2.05, 4.69) is 9.97 Å². The molecule has 0 saturated carbocycles. The largest absolute Gasteiger partial charge is 0.485 e. The van der Waals surface area contributed by atoms with Crippen molar-refractivity contribution in [2.45, 2.75) is 20.3 Å². The Hall–Kier alpha value is -3.28. The Morgan fingerprint density at radius 3 is 2.92 bits per heavy atom. The van der Waals surface area contributed by atoms with Crippen molar-refractivity contribution in [3.8, 4) is 0 Å². The maximum Gasteiger partial charge on any atom is 0.318 e. The van der Waals surface area contributed by atoms with Crippen LogP contribution < -0.4 is 0 Å². The number of allylic oxidation sites excluding steroid dienone is 1. The van der Waals surface area contributed by atoms with E-state index in [1.807, 2.05) is 44.2 Å². The molecule has 4 rings (SSSR count). The summed E-state index contributed by atoms with van der Waals surface area (Å²) in [5, 5.41) is 0.994. The number of furan rings is 1. The number of nitrogens with one attached hydrogen (secondary N) is 1. The molecule has 1 aromatic carbocycles. The van der Waals surface area contributed by atoms with Gasteiger partial charge in [-0.05, 0) is 26.0 Å². The minimum absolute atomic E-state index is 0.0812. The van der Waals surface area contributed by atoms with Gasteiger partial charge in [-0.3, -0.25) is 4.79 Å². The van der Waals surface area contributed by atoms with Crippen molar-refractivity contribution in [2.75, 3.05) is 6.61 Å². The van der Waals surface area contributed by atoms with E-state index in [-0.39, 0.29) is 12.4 Å². The third kappa shape index (κ3) is 3.01. The van der Waals surface area contributed by atoms with Crippen LogP contribution in [0.4, 0.5) is 0 Å². The molecule has 1 aliphatic rings. The van der Waals surface area contributed by atoms with Gasteiger partial charge >= 0.3 is 5.97 Å². The van der Waals surface area contributed by atoms with Crippen LogP contribution in [0, 0.1) is 0 Å². The molecule has 0 amide bonds. The third-order valence-electron chi connectivity index (χ3n) is 4.23. The summed E-state index contributed by atoms with van der Waals surface area (Å²) < 4.78 is 17.4. The average molecular weight is 350 g/mol. The monoisotopic (exact) mass is 350 g/mol. The van der Waals surface area contributed by atoms with E-state index in [9.17, 15) is 4.79 Å². The quantitative estimate of drug-likeness (QED) is 0.720. The van der Waals surface area contributed by atoms with E-state index < -0.39 is 0 Å². The number of hydrogen-bond acceptors (Lipinski definition) is 5. The zero-order valence-electron chi connectivity index (χ0n) is 14.5. The predicted molar refractivity (Wildman–Crippen MR) is 95.8 cm³/mol. The minimum Gasteiger partial charge on any atom is -0.485 e. The van der Waals surface area contributed by atoms with Gasteiger partial charge in [0, 0.05) is 28.9 Å². The lowest BCUT2D eigenvalue weighted by atomic mass is 10.1. The van der Waals surface area contributed by atoms with Crippen molar-refractivity contribution < 1.29 is 18.7 Å². The van der Waals surface area contributed by atoms with Crippen LogP contribution in [0.2, 0.25) is 0 Å². The standard InChI is InChI=1S/C20H18N2O4/c1-12-11-24-20(16-9-14-5-3-4-6-15(14)25-16)13(2)19(12)26-18(23)10-17-21-7-8-22-17/h3-9H,10-11H2,1-2H3,(H,21,22). The lowest BCUT2D eigenvalue weighted by Gasteiger charge is -2.22. The first-order valence-corrected chi connectivity index (χ1v) is 8.33. The van der Waals surface area contributed by atoms with Gasteiger partial charge in [0.25, 0.3) is 0 Å². The summed E-state index contributed by atoms with van der Waals surface area (Å²) in [7, 11) is 0. The molecule has 0 unspecified atom stereocenters. The Morgan fingerprint density at radius 2 is 2.15 bits per heavy atom. The zero-order chi connectivity index (χ0) is 18.1. The molecule has 1 aliphatic heterocycles. The molecule has 6 heteroatoms. The summed E-state index contributed by atoms with van der Waals surface area (Å²) in [5.41, 5.74) is 2.38. The number of aromatic nitrogens is 2. The maximum atomic E-state index is 12.3. The van der Waals surface area contributed by atoms with Crippen LogP contribution in [0.5, 0.6) is 0 Å². The fourth-order valence-corrected chi connectivity index (χ4v) is 2.97. The number of esters is 1. The van der Waals surface area contributed by atoms with E-state index in [0.29, 0.717) is 29.7 Å². The summed E-state index contributed by atoms with van der Waals surface area (Å²) in [6.45, 7) is 4.09. The molecule has 0 bridgehead atoms. The van der Waals surface area contributed by atoms with Crippen LogP contribution >= 0.6 is 0 Å². The van der Waals surface area contributed by atoms with Crippen molar-refractivity contribution in [1.29, 1.82) is 0 Å². The van der Waals surface area contributed by atoms with Gasteiger partial charge in [-0.1, -0.05) is 18.2 Å². The Kier molecular flexibility index (Phi) is 4.08. The van der Waals surface area contributed by atoms with Gasteiger partial charge in [-0.2, -0.15) is 0 Å². The fraction of sp³-hybridized carbons (Fsp3) is 0.200. The molecule has 1 N–H and O–H groups in total. The number of aromatic amines is 1. The summed E-state index contributed by atoms with van der Waals surface area (Å²) in [6, 6.07) is 9.69. The number of carbonyl (C=O) groups is 1. The second-order valence-corrected chi connectivity index (χ2v) is 6.19. The lowest BCUT2D eigenvalue weighted by molar-refractivity contribution is -0.138. The molecule has 2 aromatic heterocycles. The van der Waals surface area contributed by atoms with Crippen molar-refractivity contribution >= 4 is 22.7 Å². The van der Waals surface area contributed by atoms with Gasteiger partial charge in [0.1, 0.15) is 30.2 Å². The van der Waals surface area contributed by atoms with Crippen LogP contribution in [0.3, 0.4) is 0 Å². The van der Waals surface area contributed by atoms with E-state index in [0.717, 1.165) is 22.1 Å². The summed E-state index contributed by atoms with van der Waals surface area (Å²) in [5.74, 6) is 1.94. The van der Waals surface area contributed by atoms with Crippen LogP contribution in [0.25, 0.3) is 16.7 Å². The molecular formula is C20H18N2O4. The van der Waals surface area contributed by atoms with Gasteiger partial charge in [0.15, 0.2) is 11.5 Å². The molecule has 0 fully saturated rings. The van der Waals surface area contributed by atoms with E-state index in [1.54, 1.807) is 12.4 Å². The normalized spacial score (nSPS) is 14.7. The first kappa shape index (κ1) is 16.2. The first-order chi connectivity index (χ1) is 12.6. The Balaban J connectivity index is 1.62. The predicted octanol–water partition coefficient (Wildman–Crippen LogP) is 3.98. The molecule has 3 aromatic rings. The second kappa shape index (κ2) is 6.55. The average Bonchev–Trinajstić information content (AvgIpc) is 3.27. The molecule has 0 aliphatic carbocycles. The fourth-order valence-electron chi connectivity index (χ4n) is 2.97. The second-order valence-electron chi connectivity index (χ2n) is 6.19. The molecule has 26 heavy (non-hydrogen) atoms. The molecule has 0 saturated heterocycles. The maximum absolute atomic E-state index is 12.3. The van der Waals surface area contributed by atoms with E-state index in [1.165, 1.54) is 0 Å². The number of hydrogen-bond donors (Lipinski definition) is 1. The van der Waals surface area contributed by atoms with Gasteiger partial charge in [0.2, 0.25) is 0 Å². The SMILES string of the molecule is CC1=C(OC(=O)Cc2ncc[nH]2)C(C)=C(c2cc3ccccc3o2)OC1. The number of carbonyl (C=O) groups excluding carboxylic acids is 1. The van der Waals surface area contributed by atoms with Crippen molar-refractivity contribution in [3.63, 3.8) is 0 Å². The summed E-state index contributed by atoms with van der Waals surface area (Å²) in [4.78, 5) is 19.2. The Morgan fingerprint density at radius 1 is 1.31 bits per heavy atom. The zero-order valence-corrected chi connectivity index (χ0v) is 14.5. The Bertz CT molecular complexity index is 992. The van der Waals surface area contributed by atoms with Gasteiger partial charge in [-0.25, -0.2) is 4.98 Å². The number of nitrogens with zero attached hydrogens (tertiary/aromatic N) is 1. The molecule has 3 heterocycles. The smallest absolute Gasteiger partial charge is 0.318 e. The highest BCUT2D eigenvalue weighted by molar-refractivity contribution is 5.82. The number of H-pyrrole nitrogens is 1.